The second kappa shape index (κ2) is 5.90. The molecule has 1 heterocycles. The Labute approximate surface area is 87.3 Å². The van der Waals surface area contributed by atoms with Crippen molar-refractivity contribution < 1.29 is 0 Å². The van der Waals surface area contributed by atoms with E-state index in [9.17, 15) is 0 Å². The molecular weight excluding hydrogens is 208 g/mol. The molecule has 0 radical (unpaired) electrons. The van der Waals surface area contributed by atoms with E-state index in [1.807, 2.05) is 23.1 Å². The fourth-order valence-electron chi connectivity index (χ4n) is 0.856. The molecule has 0 bridgehead atoms. The van der Waals surface area contributed by atoms with Crippen molar-refractivity contribution in [2.45, 2.75) is 24.3 Å². The largest absolute Gasteiger partial charge is 0.153 e. The number of hydrogen-bond donors (Lipinski definition) is 0. The Morgan fingerprint density at radius 3 is 3.08 bits per heavy atom. The van der Waals surface area contributed by atoms with Crippen LogP contribution in [0, 0.1) is 0 Å². The highest BCUT2D eigenvalue weighted by Crippen LogP contribution is 2.22. The number of hydrogen-bond acceptors (Lipinski definition) is 2. The highest BCUT2D eigenvalue weighted by Gasteiger charge is 2.02. The smallest absolute Gasteiger partial charge is 0.0281 e. The Balaban J connectivity index is 2.17. The molecule has 0 aliphatic rings. The standard InChI is InChI=1S/C9H13ClS2/c1-8(4-5-10)12-7-9-3-2-6-11-9/h2-3,6,8H,4-5,7H2,1H3. The molecular formula is C9H13ClS2. The molecule has 1 aromatic heterocycles. The number of thioether (sulfide) groups is 1. The van der Waals surface area contributed by atoms with Crippen LogP contribution >= 0.6 is 34.7 Å². The van der Waals surface area contributed by atoms with Crippen LogP contribution in [0.25, 0.3) is 0 Å². The minimum absolute atomic E-state index is 0.685. The average molecular weight is 221 g/mol. The van der Waals surface area contributed by atoms with Crippen LogP contribution in [-0.4, -0.2) is 11.1 Å². The number of halogens is 1. The fraction of sp³-hybridized carbons (Fsp3) is 0.556. The van der Waals surface area contributed by atoms with Crippen molar-refractivity contribution in [1.29, 1.82) is 0 Å². The van der Waals surface area contributed by atoms with Gasteiger partial charge >= 0.3 is 0 Å². The topological polar surface area (TPSA) is 0 Å². The highest BCUT2D eigenvalue weighted by molar-refractivity contribution is 7.99. The van der Waals surface area contributed by atoms with Crippen molar-refractivity contribution in [2.24, 2.45) is 0 Å². The van der Waals surface area contributed by atoms with Crippen molar-refractivity contribution >= 4 is 34.7 Å². The molecule has 0 N–H and O–H groups in total. The maximum atomic E-state index is 5.65. The third-order valence-corrected chi connectivity index (χ3v) is 4.17. The van der Waals surface area contributed by atoms with Crippen molar-refractivity contribution in [3.05, 3.63) is 22.4 Å². The molecule has 68 valence electrons. The van der Waals surface area contributed by atoms with E-state index in [0.717, 1.165) is 18.1 Å². The Bertz CT molecular complexity index is 196. The van der Waals surface area contributed by atoms with Crippen molar-refractivity contribution in [2.75, 3.05) is 5.88 Å². The van der Waals surface area contributed by atoms with Gasteiger partial charge in [-0.2, -0.15) is 11.8 Å². The van der Waals surface area contributed by atoms with Crippen LogP contribution in [0.5, 0.6) is 0 Å². The molecule has 1 rings (SSSR count). The van der Waals surface area contributed by atoms with Gasteiger partial charge < -0.3 is 0 Å². The van der Waals surface area contributed by atoms with Gasteiger partial charge in [0.2, 0.25) is 0 Å². The summed E-state index contributed by atoms with van der Waals surface area (Å²) in [6, 6.07) is 4.29. The van der Waals surface area contributed by atoms with Gasteiger partial charge in [0.25, 0.3) is 0 Å². The highest BCUT2D eigenvalue weighted by atomic mass is 35.5. The SMILES string of the molecule is CC(CCCl)SCc1cccs1. The lowest BCUT2D eigenvalue weighted by Gasteiger charge is -2.07. The second-order valence-corrected chi connectivity index (χ2v) is 5.52. The first-order valence-corrected chi connectivity index (χ1v) is 6.49. The Hall–Kier alpha value is 0.340. The average Bonchev–Trinajstić information content (AvgIpc) is 2.53. The zero-order valence-corrected chi connectivity index (χ0v) is 9.51. The van der Waals surface area contributed by atoms with E-state index in [0.29, 0.717) is 5.25 Å². The summed E-state index contributed by atoms with van der Waals surface area (Å²) in [4.78, 5) is 1.46. The molecule has 0 spiro atoms. The van der Waals surface area contributed by atoms with E-state index in [4.69, 9.17) is 11.6 Å². The Morgan fingerprint density at radius 2 is 2.50 bits per heavy atom. The van der Waals surface area contributed by atoms with Crippen LogP contribution in [0.15, 0.2) is 17.5 Å². The summed E-state index contributed by atoms with van der Waals surface area (Å²) in [7, 11) is 0. The van der Waals surface area contributed by atoms with E-state index in [-0.39, 0.29) is 0 Å². The molecule has 3 heteroatoms. The van der Waals surface area contributed by atoms with E-state index in [2.05, 4.69) is 24.4 Å². The second-order valence-electron chi connectivity index (χ2n) is 2.68. The molecule has 0 aliphatic heterocycles. The van der Waals surface area contributed by atoms with Crippen LogP contribution in [0.4, 0.5) is 0 Å². The van der Waals surface area contributed by atoms with Crippen LogP contribution < -0.4 is 0 Å². The van der Waals surface area contributed by atoms with Crippen LogP contribution in [-0.2, 0) is 5.75 Å². The zero-order chi connectivity index (χ0) is 8.81. The van der Waals surface area contributed by atoms with Gasteiger partial charge in [-0.05, 0) is 17.9 Å². The lowest BCUT2D eigenvalue weighted by atomic mass is 10.4. The maximum absolute atomic E-state index is 5.65. The van der Waals surface area contributed by atoms with E-state index >= 15 is 0 Å². The van der Waals surface area contributed by atoms with Crippen molar-refractivity contribution in [1.82, 2.24) is 0 Å². The first-order chi connectivity index (χ1) is 5.83. The van der Waals surface area contributed by atoms with Gasteiger partial charge in [0.05, 0.1) is 0 Å². The Morgan fingerprint density at radius 1 is 1.67 bits per heavy atom. The normalized spacial score (nSPS) is 13.2. The summed E-state index contributed by atoms with van der Waals surface area (Å²) < 4.78 is 0. The predicted molar refractivity (Wildman–Crippen MR) is 60.4 cm³/mol. The summed E-state index contributed by atoms with van der Waals surface area (Å²) in [6.07, 6.45) is 1.11. The predicted octanol–water partition coefficient (Wildman–Crippen LogP) is 4.00. The molecule has 0 amide bonds. The Kier molecular flexibility index (Phi) is 5.12. The summed E-state index contributed by atoms with van der Waals surface area (Å²) in [5, 5.41) is 2.81. The molecule has 0 aromatic carbocycles. The molecule has 12 heavy (non-hydrogen) atoms. The van der Waals surface area contributed by atoms with Gasteiger partial charge in [0.15, 0.2) is 0 Å². The molecule has 0 nitrogen and oxygen atoms in total. The maximum Gasteiger partial charge on any atom is 0.0281 e. The molecule has 0 saturated heterocycles. The number of thiophene rings is 1. The van der Waals surface area contributed by atoms with Crippen molar-refractivity contribution in [3.63, 3.8) is 0 Å². The van der Waals surface area contributed by atoms with Gasteiger partial charge in [-0.15, -0.1) is 22.9 Å². The van der Waals surface area contributed by atoms with Gasteiger partial charge in [-0.25, -0.2) is 0 Å². The molecule has 1 aromatic rings. The fourth-order valence-corrected chi connectivity index (χ4v) is 3.11. The first kappa shape index (κ1) is 10.4. The van der Waals surface area contributed by atoms with Crippen molar-refractivity contribution in [3.8, 4) is 0 Å². The molecule has 0 aliphatic carbocycles. The molecule has 1 atom stereocenters. The molecule has 1 unspecified atom stereocenters. The lowest BCUT2D eigenvalue weighted by Crippen LogP contribution is -1.96. The molecule has 0 fully saturated rings. The van der Waals surface area contributed by atoms with Crippen LogP contribution in [0.3, 0.4) is 0 Å². The van der Waals surface area contributed by atoms with E-state index in [1.54, 1.807) is 0 Å². The summed E-state index contributed by atoms with van der Waals surface area (Å²) in [6.45, 7) is 2.24. The first-order valence-electron chi connectivity index (χ1n) is 4.03. The number of alkyl halides is 1. The van der Waals surface area contributed by atoms with E-state index < -0.39 is 0 Å². The van der Waals surface area contributed by atoms with Crippen LogP contribution in [0.1, 0.15) is 18.2 Å². The van der Waals surface area contributed by atoms with Gasteiger partial charge in [-0.1, -0.05) is 13.0 Å². The third kappa shape index (κ3) is 3.83. The summed E-state index contributed by atoms with van der Waals surface area (Å²) >= 11 is 9.46. The minimum atomic E-state index is 0.685. The molecule has 0 saturated carbocycles. The van der Waals surface area contributed by atoms with E-state index in [1.165, 1.54) is 4.88 Å². The zero-order valence-electron chi connectivity index (χ0n) is 7.13. The monoisotopic (exact) mass is 220 g/mol. The summed E-state index contributed by atoms with van der Waals surface area (Å²) in [5.41, 5.74) is 0. The van der Waals surface area contributed by atoms with Gasteiger partial charge in [-0.3, -0.25) is 0 Å². The third-order valence-electron chi connectivity index (χ3n) is 1.61. The van der Waals surface area contributed by atoms with Gasteiger partial charge in [0, 0.05) is 21.8 Å². The lowest BCUT2D eigenvalue weighted by molar-refractivity contribution is 0.912. The number of rotatable bonds is 5. The quantitative estimate of drug-likeness (QED) is 0.676. The minimum Gasteiger partial charge on any atom is -0.153 e. The van der Waals surface area contributed by atoms with Gasteiger partial charge in [0.1, 0.15) is 0 Å². The summed E-state index contributed by atoms with van der Waals surface area (Å²) in [5.74, 6) is 1.91. The van der Waals surface area contributed by atoms with Crippen LogP contribution in [0.2, 0.25) is 0 Å².